The van der Waals surface area contributed by atoms with Crippen LogP contribution in [0.15, 0.2) is 18.5 Å². The smallest absolute Gasteiger partial charge is 0.339 e. The third-order valence-corrected chi connectivity index (χ3v) is 1.54. The molecule has 13 heavy (non-hydrogen) atoms. The molecule has 1 rings (SSSR count). The van der Waals surface area contributed by atoms with Crippen molar-refractivity contribution >= 4 is 18.4 Å². The highest BCUT2D eigenvalue weighted by Gasteiger charge is 2.09. The van der Waals surface area contributed by atoms with Crippen molar-refractivity contribution in [2.24, 2.45) is 5.73 Å². The molecule has 0 fully saturated rings. The number of nitrogens with two attached hydrogens (primary N) is 1. The topological polar surface area (TPSA) is 65.2 Å². The predicted molar refractivity (Wildman–Crippen MR) is 50.7 cm³/mol. The highest BCUT2D eigenvalue weighted by molar-refractivity contribution is 5.90. The van der Waals surface area contributed by atoms with Gasteiger partial charge in [-0.25, -0.2) is 4.79 Å². The zero-order valence-electron chi connectivity index (χ0n) is 7.19. The van der Waals surface area contributed by atoms with E-state index in [1.807, 2.05) is 0 Å². The fourth-order valence-corrected chi connectivity index (χ4v) is 0.895. The first-order valence-corrected chi connectivity index (χ1v) is 3.51. The molecule has 5 heteroatoms. The van der Waals surface area contributed by atoms with E-state index in [9.17, 15) is 4.79 Å². The molecule has 1 aromatic heterocycles. The van der Waals surface area contributed by atoms with Crippen LogP contribution in [0.2, 0.25) is 0 Å². The number of ether oxygens (including phenoxy) is 1. The predicted octanol–water partition coefficient (Wildman–Crippen LogP) is 0.749. The van der Waals surface area contributed by atoms with Gasteiger partial charge in [-0.1, -0.05) is 0 Å². The summed E-state index contributed by atoms with van der Waals surface area (Å²) in [5, 5.41) is 0. The van der Waals surface area contributed by atoms with Gasteiger partial charge in [0.15, 0.2) is 0 Å². The first-order chi connectivity index (χ1) is 5.79. The Morgan fingerprint density at radius 2 is 2.38 bits per heavy atom. The molecule has 1 aromatic rings. The van der Waals surface area contributed by atoms with E-state index in [2.05, 4.69) is 9.72 Å². The summed E-state index contributed by atoms with van der Waals surface area (Å²) >= 11 is 0. The van der Waals surface area contributed by atoms with Crippen molar-refractivity contribution in [2.75, 3.05) is 7.11 Å². The Morgan fingerprint density at radius 1 is 1.69 bits per heavy atom. The number of esters is 1. The molecule has 0 saturated carbocycles. The van der Waals surface area contributed by atoms with Gasteiger partial charge in [-0.3, -0.25) is 4.98 Å². The third-order valence-electron chi connectivity index (χ3n) is 1.54. The van der Waals surface area contributed by atoms with Gasteiger partial charge in [0.05, 0.1) is 12.7 Å². The molecule has 0 aliphatic heterocycles. The van der Waals surface area contributed by atoms with Crippen molar-refractivity contribution in [3.05, 3.63) is 29.6 Å². The van der Waals surface area contributed by atoms with Crippen LogP contribution in [0.1, 0.15) is 15.9 Å². The normalized spacial score (nSPS) is 8.77. The maximum atomic E-state index is 11.1. The second kappa shape index (κ2) is 5.50. The van der Waals surface area contributed by atoms with Crippen LogP contribution < -0.4 is 5.73 Å². The standard InChI is InChI=1S/C8H10N2O2.ClH/c1-12-8(11)7-5-10-3-2-6(7)4-9;/h2-3,5H,4,9H2,1H3;1H. The van der Waals surface area contributed by atoms with Gasteiger partial charge >= 0.3 is 5.97 Å². The van der Waals surface area contributed by atoms with Crippen molar-refractivity contribution in [1.82, 2.24) is 4.98 Å². The van der Waals surface area contributed by atoms with Crippen molar-refractivity contribution in [1.29, 1.82) is 0 Å². The fraction of sp³-hybridized carbons (Fsp3) is 0.250. The second-order valence-electron chi connectivity index (χ2n) is 2.23. The molecule has 2 N–H and O–H groups in total. The maximum Gasteiger partial charge on any atom is 0.339 e. The van der Waals surface area contributed by atoms with Gasteiger partial charge < -0.3 is 10.5 Å². The van der Waals surface area contributed by atoms with E-state index < -0.39 is 5.97 Å². The molecule has 0 amide bonds. The van der Waals surface area contributed by atoms with Crippen LogP contribution in [0.25, 0.3) is 0 Å². The highest BCUT2D eigenvalue weighted by atomic mass is 35.5. The van der Waals surface area contributed by atoms with Gasteiger partial charge in [-0.15, -0.1) is 12.4 Å². The number of pyridine rings is 1. The van der Waals surface area contributed by atoms with Crippen molar-refractivity contribution in [3.63, 3.8) is 0 Å². The van der Waals surface area contributed by atoms with Crippen LogP contribution in [0.3, 0.4) is 0 Å². The Labute approximate surface area is 82.5 Å². The molecule has 0 atom stereocenters. The molecule has 1 heterocycles. The second-order valence-corrected chi connectivity index (χ2v) is 2.23. The van der Waals surface area contributed by atoms with E-state index in [1.165, 1.54) is 13.3 Å². The Hall–Kier alpha value is -1.13. The summed E-state index contributed by atoms with van der Waals surface area (Å²) in [5.41, 5.74) is 6.59. The number of halogens is 1. The molecule has 0 aromatic carbocycles. The zero-order valence-corrected chi connectivity index (χ0v) is 8.00. The molecule has 0 unspecified atom stereocenters. The molecule has 0 spiro atoms. The van der Waals surface area contributed by atoms with Crippen LogP contribution in [0.4, 0.5) is 0 Å². The van der Waals surface area contributed by atoms with E-state index in [0.717, 1.165) is 5.56 Å². The van der Waals surface area contributed by atoms with Crippen molar-refractivity contribution < 1.29 is 9.53 Å². The number of aromatic nitrogens is 1. The molecule has 0 aliphatic rings. The average molecular weight is 203 g/mol. The number of carbonyl (C=O) groups is 1. The number of rotatable bonds is 2. The first-order valence-electron chi connectivity index (χ1n) is 3.51. The molecule has 72 valence electrons. The quantitative estimate of drug-likeness (QED) is 0.719. The summed E-state index contributed by atoms with van der Waals surface area (Å²) in [6.45, 7) is 0.312. The van der Waals surface area contributed by atoms with Crippen LogP contribution >= 0.6 is 12.4 Å². The molecule has 0 bridgehead atoms. The Balaban J connectivity index is 0.00000144. The molecule has 0 saturated heterocycles. The fourth-order valence-electron chi connectivity index (χ4n) is 0.895. The summed E-state index contributed by atoms with van der Waals surface area (Å²) in [6, 6.07) is 1.70. The molecule has 4 nitrogen and oxygen atoms in total. The molecular formula is C8H11ClN2O2. The molecule has 0 aliphatic carbocycles. The van der Waals surface area contributed by atoms with Crippen LogP contribution in [0, 0.1) is 0 Å². The summed E-state index contributed by atoms with van der Waals surface area (Å²) in [5.74, 6) is -0.399. The molecule has 0 radical (unpaired) electrons. The molecular weight excluding hydrogens is 192 g/mol. The monoisotopic (exact) mass is 202 g/mol. The summed E-state index contributed by atoms with van der Waals surface area (Å²) in [6.07, 6.45) is 3.04. The van der Waals surface area contributed by atoms with E-state index in [0.29, 0.717) is 12.1 Å². The maximum absolute atomic E-state index is 11.1. The average Bonchev–Trinajstić information content (AvgIpc) is 2.16. The Bertz CT molecular complexity index is 291. The van der Waals surface area contributed by atoms with Gasteiger partial charge in [0.2, 0.25) is 0 Å². The lowest BCUT2D eigenvalue weighted by Gasteiger charge is -2.03. The SMILES string of the molecule is COC(=O)c1cnccc1CN.Cl. The minimum atomic E-state index is -0.399. The number of nitrogens with zero attached hydrogens (tertiary/aromatic N) is 1. The van der Waals surface area contributed by atoms with Crippen molar-refractivity contribution in [3.8, 4) is 0 Å². The number of hydrogen-bond acceptors (Lipinski definition) is 4. The van der Waals surface area contributed by atoms with Crippen molar-refractivity contribution in [2.45, 2.75) is 6.54 Å². The summed E-state index contributed by atoms with van der Waals surface area (Å²) < 4.78 is 4.54. The van der Waals surface area contributed by atoms with Gasteiger partial charge in [0.1, 0.15) is 0 Å². The van der Waals surface area contributed by atoms with Gasteiger partial charge in [-0.05, 0) is 11.6 Å². The van der Waals surface area contributed by atoms with Gasteiger partial charge in [0, 0.05) is 18.9 Å². The lowest BCUT2D eigenvalue weighted by molar-refractivity contribution is 0.0599. The largest absolute Gasteiger partial charge is 0.465 e. The first kappa shape index (κ1) is 11.9. The third kappa shape index (κ3) is 2.68. The summed E-state index contributed by atoms with van der Waals surface area (Å²) in [4.78, 5) is 14.9. The minimum Gasteiger partial charge on any atom is -0.465 e. The Morgan fingerprint density at radius 3 is 2.92 bits per heavy atom. The van der Waals surface area contributed by atoms with Gasteiger partial charge in [0.25, 0.3) is 0 Å². The summed E-state index contributed by atoms with van der Waals surface area (Å²) in [7, 11) is 1.33. The van der Waals surface area contributed by atoms with E-state index in [1.54, 1.807) is 12.3 Å². The Kier molecular flexibility index (Phi) is 5.03. The minimum absolute atomic E-state index is 0. The van der Waals surface area contributed by atoms with E-state index in [4.69, 9.17) is 5.73 Å². The van der Waals surface area contributed by atoms with Crippen LogP contribution in [-0.4, -0.2) is 18.1 Å². The highest BCUT2D eigenvalue weighted by Crippen LogP contribution is 2.06. The van der Waals surface area contributed by atoms with E-state index in [-0.39, 0.29) is 12.4 Å². The zero-order chi connectivity index (χ0) is 8.97. The number of methoxy groups -OCH3 is 1. The van der Waals surface area contributed by atoms with Gasteiger partial charge in [-0.2, -0.15) is 0 Å². The van der Waals surface area contributed by atoms with Crippen LogP contribution in [0.5, 0.6) is 0 Å². The number of carbonyl (C=O) groups excluding carboxylic acids is 1. The lowest BCUT2D eigenvalue weighted by atomic mass is 10.1. The lowest BCUT2D eigenvalue weighted by Crippen LogP contribution is -2.09. The van der Waals surface area contributed by atoms with Crippen LogP contribution in [-0.2, 0) is 11.3 Å². The van der Waals surface area contributed by atoms with E-state index >= 15 is 0 Å². The number of hydrogen-bond donors (Lipinski definition) is 1.